The molecule has 1 aliphatic heterocycles. The molecule has 1 N–H and O–H groups in total. The second kappa shape index (κ2) is 7.25. The van der Waals surface area contributed by atoms with Gasteiger partial charge in [-0.1, -0.05) is 30.3 Å². The van der Waals surface area contributed by atoms with E-state index in [0.717, 1.165) is 31.5 Å². The third kappa shape index (κ3) is 3.62. The summed E-state index contributed by atoms with van der Waals surface area (Å²) in [6, 6.07) is 12.9. The van der Waals surface area contributed by atoms with Gasteiger partial charge in [0, 0.05) is 24.8 Å². The van der Waals surface area contributed by atoms with Crippen LogP contribution in [0.3, 0.4) is 0 Å². The summed E-state index contributed by atoms with van der Waals surface area (Å²) in [6.45, 7) is 3.49. The van der Waals surface area contributed by atoms with E-state index in [1.807, 2.05) is 42.2 Å². The van der Waals surface area contributed by atoms with Crippen molar-refractivity contribution in [3.8, 4) is 0 Å². The van der Waals surface area contributed by atoms with E-state index >= 15 is 0 Å². The van der Waals surface area contributed by atoms with Crippen LogP contribution in [0.25, 0.3) is 0 Å². The van der Waals surface area contributed by atoms with E-state index in [0.29, 0.717) is 5.56 Å². The quantitative estimate of drug-likeness (QED) is 0.941. The fourth-order valence-electron chi connectivity index (χ4n) is 2.89. The molecule has 1 aromatic carbocycles. The van der Waals surface area contributed by atoms with Crippen molar-refractivity contribution in [2.24, 2.45) is 0 Å². The Balaban J connectivity index is 1.71. The van der Waals surface area contributed by atoms with Crippen molar-refractivity contribution < 1.29 is 9.59 Å². The molecule has 24 heavy (non-hydrogen) atoms. The van der Waals surface area contributed by atoms with Crippen LogP contribution in [0.2, 0.25) is 0 Å². The smallest absolute Gasteiger partial charge is 0.270 e. The molecule has 1 atom stereocenters. The predicted molar refractivity (Wildman–Crippen MR) is 91.7 cm³/mol. The molecule has 0 aliphatic carbocycles. The minimum Gasteiger partial charge on any atom is -0.344 e. The summed E-state index contributed by atoms with van der Waals surface area (Å²) >= 11 is 0. The number of aromatic nitrogens is 1. The number of rotatable bonds is 4. The highest BCUT2D eigenvalue weighted by atomic mass is 16.2. The zero-order valence-corrected chi connectivity index (χ0v) is 13.7. The number of hydrogen-bond acceptors (Lipinski definition) is 3. The molecule has 2 amide bonds. The number of nitrogens with zero attached hydrogens (tertiary/aromatic N) is 2. The first-order valence-electron chi connectivity index (χ1n) is 8.26. The number of pyridine rings is 1. The lowest BCUT2D eigenvalue weighted by Crippen LogP contribution is -2.29. The van der Waals surface area contributed by atoms with E-state index in [-0.39, 0.29) is 23.6 Å². The van der Waals surface area contributed by atoms with Gasteiger partial charge in [-0.2, -0.15) is 0 Å². The summed E-state index contributed by atoms with van der Waals surface area (Å²) in [7, 11) is 0. The number of hydrogen-bond donors (Lipinski definition) is 1. The SMILES string of the molecule is CC(NC(=O)c1cc(C(=O)N2CCCC2)ccn1)c1ccccc1. The number of benzene rings is 1. The number of carbonyl (C=O) groups excluding carboxylic acids is 2. The highest BCUT2D eigenvalue weighted by molar-refractivity contribution is 5.98. The van der Waals surface area contributed by atoms with Crippen LogP contribution < -0.4 is 5.32 Å². The second-order valence-corrected chi connectivity index (χ2v) is 6.03. The minimum atomic E-state index is -0.276. The number of amides is 2. The van der Waals surface area contributed by atoms with Crippen molar-refractivity contribution in [2.45, 2.75) is 25.8 Å². The van der Waals surface area contributed by atoms with Crippen LogP contribution in [-0.4, -0.2) is 34.8 Å². The van der Waals surface area contributed by atoms with Gasteiger partial charge < -0.3 is 10.2 Å². The largest absolute Gasteiger partial charge is 0.344 e. The van der Waals surface area contributed by atoms with Crippen molar-refractivity contribution in [2.75, 3.05) is 13.1 Å². The Morgan fingerprint density at radius 1 is 1.12 bits per heavy atom. The fourth-order valence-corrected chi connectivity index (χ4v) is 2.89. The van der Waals surface area contributed by atoms with Crippen molar-refractivity contribution in [3.63, 3.8) is 0 Å². The van der Waals surface area contributed by atoms with E-state index in [4.69, 9.17) is 0 Å². The molecule has 0 saturated carbocycles. The molecule has 5 nitrogen and oxygen atoms in total. The minimum absolute atomic E-state index is 0.0277. The molecule has 5 heteroatoms. The van der Waals surface area contributed by atoms with Gasteiger partial charge in [0.15, 0.2) is 0 Å². The van der Waals surface area contributed by atoms with Crippen molar-refractivity contribution in [1.82, 2.24) is 15.2 Å². The Bertz CT molecular complexity index is 724. The second-order valence-electron chi connectivity index (χ2n) is 6.03. The van der Waals surface area contributed by atoms with Gasteiger partial charge in [0.2, 0.25) is 0 Å². The van der Waals surface area contributed by atoms with Crippen LogP contribution in [-0.2, 0) is 0 Å². The van der Waals surface area contributed by atoms with E-state index in [9.17, 15) is 9.59 Å². The van der Waals surface area contributed by atoms with Gasteiger partial charge >= 0.3 is 0 Å². The lowest BCUT2D eigenvalue weighted by Gasteiger charge is -2.16. The Hall–Kier alpha value is -2.69. The third-order valence-electron chi connectivity index (χ3n) is 4.28. The Kier molecular flexibility index (Phi) is 4.89. The maximum Gasteiger partial charge on any atom is 0.270 e. The van der Waals surface area contributed by atoms with Crippen molar-refractivity contribution in [3.05, 3.63) is 65.5 Å². The van der Waals surface area contributed by atoms with Crippen LogP contribution in [0.4, 0.5) is 0 Å². The van der Waals surface area contributed by atoms with Gasteiger partial charge in [-0.05, 0) is 37.5 Å². The lowest BCUT2D eigenvalue weighted by molar-refractivity contribution is 0.0792. The molecule has 0 spiro atoms. The Morgan fingerprint density at radius 2 is 1.83 bits per heavy atom. The Labute approximate surface area is 141 Å². The van der Waals surface area contributed by atoms with E-state index in [1.54, 1.807) is 12.1 Å². The summed E-state index contributed by atoms with van der Waals surface area (Å²) < 4.78 is 0. The maximum absolute atomic E-state index is 12.4. The highest BCUT2D eigenvalue weighted by Gasteiger charge is 2.21. The molecule has 1 saturated heterocycles. The first kappa shape index (κ1) is 16.2. The van der Waals surface area contributed by atoms with Crippen LogP contribution in [0.5, 0.6) is 0 Å². The van der Waals surface area contributed by atoms with Crippen LogP contribution in [0, 0.1) is 0 Å². The van der Waals surface area contributed by atoms with Gasteiger partial charge in [-0.25, -0.2) is 0 Å². The normalized spacial score (nSPS) is 15.1. The van der Waals surface area contributed by atoms with E-state index in [2.05, 4.69) is 10.3 Å². The van der Waals surface area contributed by atoms with Crippen molar-refractivity contribution >= 4 is 11.8 Å². The molecule has 0 radical (unpaired) electrons. The lowest BCUT2D eigenvalue weighted by atomic mass is 10.1. The summed E-state index contributed by atoms with van der Waals surface area (Å²) in [5.74, 6) is -0.303. The summed E-state index contributed by atoms with van der Waals surface area (Å²) in [6.07, 6.45) is 3.60. The maximum atomic E-state index is 12.4. The topological polar surface area (TPSA) is 62.3 Å². The number of nitrogens with one attached hydrogen (secondary N) is 1. The number of likely N-dealkylation sites (tertiary alicyclic amines) is 1. The zero-order chi connectivity index (χ0) is 16.9. The molecule has 124 valence electrons. The van der Waals surface area contributed by atoms with Gasteiger partial charge in [0.1, 0.15) is 5.69 Å². The molecule has 2 heterocycles. The average Bonchev–Trinajstić information content (AvgIpc) is 3.16. The molecule has 0 bridgehead atoms. The molecule has 1 aromatic heterocycles. The molecule has 3 rings (SSSR count). The van der Waals surface area contributed by atoms with Crippen LogP contribution in [0.1, 0.15) is 52.2 Å². The van der Waals surface area contributed by atoms with E-state index < -0.39 is 0 Å². The summed E-state index contributed by atoms with van der Waals surface area (Å²) in [5, 5.41) is 2.92. The first-order chi connectivity index (χ1) is 11.6. The Morgan fingerprint density at radius 3 is 2.54 bits per heavy atom. The molecule has 1 unspecified atom stereocenters. The summed E-state index contributed by atoms with van der Waals surface area (Å²) in [4.78, 5) is 30.8. The van der Waals surface area contributed by atoms with Crippen molar-refractivity contribution in [1.29, 1.82) is 0 Å². The fraction of sp³-hybridized carbons (Fsp3) is 0.316. The molecule has 1 aliphatic rings. The average molecular weight is 323 g/mol. The van der Waals surface area contributed by atoms with Gasteiger partial charge in [0.05, 0.1) is 6.04 Å². The molecule has 2 aromatic rings. The summed E-state index contributed by atoms with van der Waals surface area (Å²) in [5.41, 5.74) is 1.81. The standard InChI is InChI=1S/C19H21N3O2/c1-14(15-7-3-2-4-8-15)21-18(23)17-13-16(9-10-20-17)19(24)22-11-5-6-12-22/h2-4,7-10,13-14H,5-6,11-12H2,1H3,(H,21,23). The predicted octanol–water partition coefficient (Wildman–Crippen LogP) is 2.81. The monoisotopic (exact) mass is 323 g/mol. The van der Waals surface area contributed by atoms with Crippen LogP contribution in [0.15, 0.2) is 48.7 Å². The zero-order valence-electron chi connectivity index (χ0n) is 13.7. The molecule has 1 fully saturated rings. The van der Waals surface area contributed by atoms with Gasteiger partial charge in [-0.3, -0.25) is 14.6 Å². The van der Waals surface area contributed by atoms with Crippen LogP contribution >= 0.6 is 0 Å². The highest BCUT2D eigenvalue weighted by Crippen LogP contribution is 2.15. The third-order valence-corrected chi connectivity index (χ3v) is 4.28. The molecular formula is C19H21N3O2. The van der Waals surface area contributed by atoms with Gasteiger partial charge in [0.25, 0.3) is 11.8 Å². The first-order valence-corrected chi connectivity index (χ1v) is 8.26. The van der Waals surface area contributed by atoms with E-state index in [1.165, 1.54) is 6.20 Å². The number of carbonyl (C=O) groups is 2. The molecular weight excluding hydrogens is 302 g/mol. The van der Waals surface area contributed by atoms with Gasteiger partial charge in [-0.15, -0.1) is 0 Å².